The third kappa shape index (κ3) is 6.22. The maximum Gasteiger partial charge on any atom is 0.416 e. The number of alkyl halides is 6. The molecule has 1 aromatic carbocycles. The minimum absolute atomic E-state index is 0.0490. The minimum atomic E-state index is -4.89. The summed E-state index contributed by atoms with van der Waals surface area (Å²) in [7, 11) is 0. The molecule has 2 unspecified atom stereocenters. The number of halogens is 6. The molecule has 9 heteroatoms. The molecule has 25 heavy (non-hydrogen) atoms. The molecule has 3 nitrogen and oxygen atoms in total. The van der Waals surface area contributed by atoms with Gasteiger partial charge >= 0.3 is 18.3 Å². The number of hydrogen-bond donors (Lipinski definition) is 2. The van der Waals surface area contributed by atoms with Gasteiger partial charge in [-0.05, 0) is 55.9 Å². The lowest BCUT2D eigenvalue weighted by atomic mass is 9.87. The maximum atomic E-state index is 12.8. The highest BCUT2D eigenvalue weighted by molar-refractivity contribution is 5.77. The second-order valence-corrected chi connectivity index (χ2v) is 6.48. The van der Waals surface area contributed by atoms with E-state index in [1.165, 1.54) is 6.92 Å². The summed E-state index contributed by atoms with van der Waals surface area (Å²) in [6, 6.07) is 1.44. The van der Waals surface area contributed by atoms with Crippen molar-refractivity contribution in [2.75, 3.05) is 0 Å². The van der Waals surface area contributed by atoms with Crippen LogP contribution in [0.1, 0.15) is 43.4 Å². The van der Waals surface area contributed by atoms with E-state index in [1.54, 1.807) is 6.92 Å². The molecule has 2 atom stereocenters. The van der Waals surface area contributed by atoms with Crippen molar-refractivity contribution in [2.45, 2.75) is 51.0 Å². The number of rotatable bonds is 6. The number of benzene rings is 1. The highest BCUT2D eigenvalue weighted by Gasteiger charge is 2.37. The Morgan fingerprint density at radius 3 is 1.88 bits per heavy atom. The van der Waals surface area contributed by atoms with Crippen molar-refractivity contribution in [1.82, 2.24) is 0 Å². The molecule has 0 amide bonds. The van der Waals surface area contributed by atoms with E-state index in [4.69, 9.17) is 10.8 Å². The van der Waals surface area contributed by atoms with Crippen LogP contribution < -0.4 is 5.73 Å². The Morgan fingerprint density at radius 1 is 1.08 bits per heavy atom. The normalized spacial score (nSPS) is 16.4. The number of carboxylic acid groups (broad SMARTS) is 1. The second kappa shape index (κ2) is 7.23. The molecule has 0 bridgehead atoms. The fourth-order valence-corrected chi connectivity index (χ4v) is 2.49. The summed E-state index contributed by atoms with van der Waals surface area (Å²) in [6.07, 6.45) is -9.57. The molecule has 0 radical (unpaired) electrons. The van der Waals surface area contributed by atoms with Gasteiger partial charge in [0.1, 0.15) is 5.54 Å². The summed E-state index contributed by atoms with van der Waals surface area (Å²) in [5, 5.41) is 8.95. The lowest BCUT2D eigenvalue weighted by Crippen LogP contribution is -2.46. The SMILES string of the molecule is CC(CCc1cc(C(F)(F)F)cc(C(F)(F)F)c1)CC(C)(N)C(=O)O. The lowest BCUT2D eigenvalue weighted by Gasteiger charge is -2.23. The first-order valence-corrected chi connectivity index (χ1v) is 7.43. The van der Waals surface area contributed by atoms with E-state index < -0.39 is 35.0 Å². The fraction of sp³-hybridized carbons (Fsp3) is 0.562. The molecule has 0 heterocycles. The van der Waals surface area contributed by atoms with Gasteiger partial charge in [0.15, 0.2) is 0 Å². The summed E-state index contributed by atoms with van der Waals surface area (Å²) < 4.78 is 76.8. The van der Waals surface area contributed by atoms with Gasteiger partial charge in [-0.15, -0.1) is 0 Å². The molecule has 0 aromatic heterocycles. The van der Waals surface area contributed by atoms with Gasteiger partial charge in [0.05, 0.1) is 11.1 Å². The summed E-state index contributed by atoms with van der Waals surface area (Å²) in [6.45, 7) is 2.95. The Labute approximate surface area is 140 Å². The predicted molar refractivity (Wildman–Crippen MR) is 78.8 cm³/mol. The first kappa shape index (κ1) is 21.3. The van der Waals surface area contributed by atoms with E-state index in [-0.39, 0.29) is 36.8 Å². The van der Waals surface area contributed by atoms with Crippen molar-refractivity contribution in [3.63, 3.8) is 0 Å². The van der Waals surface area contributed by atoms with Gasteiger partial charge in [-0.1, -0.05) is 6.92 Å². The quantitative estimate of drug-likeness (QED) is 0.725. The van der Waals surface area contributed by atoms with Crippen LogP contribution in [0.5, 0.6) is 0 Å². The average Bonchev–Trinajstić information content (AvgIpc) is 2.42. The summed E-state index contributed by atoms with van der Waals surface area (Å²) in [4.78, 5) is 11.0. The molecule has 0 saturated carbocycles. The monoisotopic (exact) mass is 371 g/mol. The van der Waals surface area contributed by atoms with E-state index in [1.807, 2.05) is 0 Å². The number of carbonyl (C=O) groups is 1. The number of carboxylic acids is 1. The van der Waals surface area contributed by atoms with Gasteiger partial charge in [0, 0.05) is 0 Å². The summed E-state index contributed by atoms with van der Waals surface area (Å²) in [5.41, 5.74) is 1.25. The lowest BCUT2D eigenvalue weighted by molar-refractivity contribution is -0.144. The number of nitrogens with two attached hydrogens (primary N) is 1. The van der Waals surface area contributed by atoms with Crippen molar-refractivity contribution in [1.29, 1.82) is 0 Å². The molecule has 1 rings (SSSR count). The third-order valence-electron chi connectivity index (χ3n) is 3.83. The molecule has 0 fully saturated rings. The first-order valence-electron chi connectivity index (χ1n) is 7.43. The van der Waals surface area contributed by atoms with Gasteiger partial charge in [-0.25, -0.2) is 0 Å². The average molecular weight is 371 g/mol. The number of aryl methyl sites for hydroxylation is 1. The smallest absolute Gasteiger partial charge is 0.416 e. The van der Waals surface area contributed by atoms with E-state index >= 15 is 0 Å². The van der Waals surface area contributed by atoms with Crippen molar-refractivity contribution in [2.24, 2.45) is 11.7 Å². The van der Waals surface area contributed by atoms with Gasteiger partial charge in [-0.3, -0.25) is 4.79 Å². The molecule has 1 aromatic rings. The Balaban J connectivity index is 2.96. The van der Waals surface area contributed by atoms with Crippen LogP contribution in [0.25, 0.3) is 0 Å². The van der Waals surface area contributed by atoms with E-state index in [9.17, 15) is 31.1 Å². The van der Waals surface area contributed by atoms with Gasteiger partial charge in [0.2, 0.25) is 0 Å². The predicted octanol–water partition coefficient (Wildman–Crippen LogP) is 4.49. The second-order valence-electron chi connectivity index (χ2n) is 6.48. The number of aliphatic carboxylic acids is 1. The fourth-order valence-electron chi connectivity index (χ4n) is 2.49. The van der Waals surface area contributed by atoms with Gasteiger partial charge < -0.3 is 10.8 Å². The van der Waals surface area contributed by atoms with Crippen LogP contribution in [0.2, 0.25) is 0 Å². The maximum absolute atomic E-state index is 12.8. The highest BCUT2D eigenvalue weighted by atomic mass is 19.4. The van der Waals surface area contributed by atoms with E-state index in [0.29, 0.717) is 12.1 Å². The van der Waals surface area contributed by atoms with Crippen LogP contribution in [0.15, 0.2) is 18.2 Å². The molecule has 0 aliphatic carbocycles. The van der Waals surface area contributed by atoms with Crippen molar-refractivity contribution >= 4 is 5.97 Å². The minimum Gasteiger partial charge on any atom is -0.480 e. The molecular weight excluding hydrogens is 352 g/mol. The third-order valence-corrected chi connectivity index (χ3v) is 3.83. The van der Waals surface area contributed by atoms with E-state index in [2.05, 4.69) is 0 Å². The van der Waals surface area contributed by atoms with Gasteiger partial charge in [0.25, 0.3) is 0 Å². The molecular formula is C16H19F6NO2. The largest absolute Gasteiger partial charge is 0.480 e. The highest BCUT2D eigenvalue weighted by Crippen LogP contribution is 2.36. The Hall–Kier alpha value is -1.77. The van der Waals surface area contributed by atoms with Crippen molar-refractivity contribution < 1.29 is 36.2 Å². The number of hydrogen-bond acceptors (Lipinski definition) is 2. The van der Waals surface area contributed by atoms with Crippen LogP contribution in [-0.4, -0.2) is 16.6 Å². The van der Waals surface area contributed by atoms with Gasteiger partial charge in [-0.2, -0.15) is 26.3 Å². The van der Waals surface area contributed by atoms with Crippen molar-refractivity contribution in [3.8, 4) is 0 Å². The standard InChI is InChI=1S/C16H19F6NO2/c1-9(8-14(2,23)13(24)25)3-4-10-5-11(15(17,18)19)7-12(6-10)16(20,21)22/h5-7,9H,3-4,8,23H2,1-2H3,(H,24,25). The van der Waals surface area contributed by atoms with Crippen LogP contribution in [0.4, 0.5) is 26.3 Å². The zero-order chi connectivity index (χ0) is 19.6. The molecule has 0 saturated heterocycles. The van der Waals surface area contributed by atoms with Crippen LogP contribution in [-0.2, 0) is 23.6 Å². The first-order chi connectivity index (χ1) is 11.1. The zero-order valence-corrected chi connectivity index (χ0v) is 13.6. The van der Waals surface area contributed by atoms with E-state index in [0.717, 1.165) is 0 Å². The summed E-state index contributed by atoms with van der Waals surface area (Å²) >= 11 is 0. The molecule has 0 aliphatic rings. The Morgan fingerprint density at radius 2 is 1.52 bits per heavy atom. The zero-order valence-electron chi connectivity index (χ0n) is 13.6. The topological polar surface area (TPSA) is 63.3 Å². The Bertz CT molecular complexity index is 590. The Kier molecular flexibility index (Phi) is 6.15. The van der Waals surface area contributed by atoms with Crippen LogP contribution in [0.3, 0.4) is 0 Å². The summed E-state index contributed by atoms with van der Waals surface area (Å²) in [5.74, 6) is -1.52. The molecule has 3 N–H and O–H groups in total. The van der Waals surface area contributed by atoms with Crippen LogP contribution in [0, 0.1) is 5.92 Å². The van der Waals surface area contributed by atoms with Crippen LogP contribution >= 0.6 is 0 Å². The molecule has 0 aliphatic heterocycles. The molecule has 142 valence electrons. The van der Waals surface area contributed by atoms with Crippen molar-refractivity contribution in [3.05, 3.63) is 34.9 Å². The molecule has 0 spiro atoms.